The summed E-state index contributed by atoms with van der Waals surface area (Å²) in [5.41, 5.74) is -15.5. The second-order valence-corrected chi connectivity index (χ2v) is 49.7. The van der Waals surface area contributed by atoms with Gasteiger partial charge in [0.05, 0.1) is 126 Å². The lowest BCUT2D eigenvalue weighted by atomic mass is 9.59. The standard InChI is InChI=1S/C123H228O23S/c1-22-31-38-45-52-59-66-75-85-137-104(124)114(10,11)96-118(16,108(128)141-89-79-70-63-56-49-42-35-26-5)100-122(20,102-120(18,110(130)143-91-81-72-65-58-51-44-37-28-7)98-116(14,29-8)106(126)139-87-77-68-61-54-47-40-33-24-3)112(132)144-92-82-73-74-83-93-145-113(133)123(21,103-121(19,111(131)146-94-84-95-147(134,135)136)99-117(15,30-9)107(127)140-88-78-69-62-55-48-41-34-25-4)101-119(17,109(129)142-90-80-71-64-57-50-43-36-27-6)97-115(12,13)105(125)138-86-76-67-60-53-46-39-32-23-2/h22-103H2,1-21H3,(H,134,135,136). The van der Waals surface area contributed by atoms with Crippen molar-refractivity contribution in [2.45, 2.75) is 601 Å². The fraction of sp³-hybridized carbons (Fsp3) is 0.919. The van der Waals surface area contributed by atoms with E-state index in [2.05, 4.69) is 48.5 Å². The van der Waals surface area contributed by atoms with Crippen LogP contribution in [0.5, 0.6) is 0 Å². The molecule has 0 aromatic carbocycles. The molecule has 0 bridgehead atoms. The number of carbonyl (C=O) groups excluding carboxylic acids is 10. The summed E-state index contributed by atoms with van der Waals surface area (Å²) >= 11 is 0. The highest BCUT2D eigenvalue weighted by molar-refractivity contribution is 7.85. The van der Waals surface area contributed by atoms with Crippen molar-refractivity contribution < 1.29 is 108 Å². The Morgan fingerprint density at radius 2 is 0.279 bits per heavy atom. The monoisotopic (exact) mass is 2110 g/mol. The van der Waals surface area contributed by atoms with E-state index in [9.17, 15) is 32.1 Å². The average Bonchev–Trinajstić information content (AvgIpc) is 0.763. The van der Waals surface area contributed by atoms with Crippen molar-refractivity contribution >= 4 is 69.8 Å². The summed E-state index contributed by atoms with van der Waals surface area (Å²) in [6, 6.07) is 0. The van der Waals surface area contributed by atoms with E-state index in [-0.39, 0.29) is 130 Å². The molecule has 0 heterocycles. The minimum atomic E-state index is -4.48. The average molecular weight is 2110 g/mol. The summed E-state index contributed by atoms with van der Waals surface area (Å²) in [5, 5.41) is 0. The molecule has 23 nitrogen and oxygen atoms in total. The van der Waals surface area contributed by atoms with E-state index in [1.165, 1.54) is 57.8 Å². The number of hydrogen-bond donors (Lipinski definition) is 1. The molecule has 0 rings (SSSR count). The minimum absolute atomic E-state index is 0.0650. The Morgan fingerprint density at radius 1 is 0.163 bits per heavy atom. The molecule has 0 fully saturated rings. The summed E-state index contributed by atoms with van der Waals surface area (Å²) in [6.07, 6.45) is 57.2. The van der Waals surface area contributed by atoms with Crippen molar-refractivity contribution in [1.82, 2.24) is 0 Å². The van der Waals surface area contributed by atoms with Crippen LogP contribution in [-0.4, -0.2) is 144 Å². The number of esters is 10. The number of unbranched alkanes of at least 4 members (excludes halogenated alkanes) is 52. The summed E-state index contributed by atoms with van der Waals surface area (Å²) in [7, 11) is -4.48. The summed E-state index contributed by atoms with van der Waals surface area (Å²) in [6.45, 7) is 39.9. The molecule has 0 aliphatic heterocycles. The van der Waals surface area contributed by atoms with Gasteiger partial charge in [0.15, 0.2) is 0 Å². The summed E-state index contributed by atoms with van der Waals surface area (Å²) in [5.74, 6) is -7.01. The molecule has 0 aromatic heterocycles. The highest BCUT2D eigenvalue weighted by Gasteiger charge is 2.59. The molecule has 8 unspecified atom stereocenters. The van der Waals surface area contributed by atoms with Gasteiger partial charge in [0.2, 0.25) is 0 Å². The maximum atomic E-state index is 16.1. The van der Waals surface area contributed by atoms with E-state index in [4.69, 9.17) is 47.4 Å². The molecule has 8 atom stereocenters. The Morgan fingerprint density at radius 3 is 0.422 bits per heavy atom. The van der Waals surface area contributed by atoms with Crippen molar-refractivity contribution in [3.63, 3.8) is 0 Å². The van der Waals surface area contributed by atoms with E-state index < -0.39 is 143 Å². The highest BCUT2D eigenvalue weighted by atomic mass is 32.2. The van der Waals surface area contributed by atoms with Crippen LogP contribution < -0.4 is 0 Å². The molecule has 0 radical (unpaired) electrons. The van der Waals surface area contributed by atoms with Gasteiger partial charge in [-0.1, -0.05) is 377 Å². The predicted octanol–water partition coefficient (Wildman–Crippen LogP) is 33.3. The third-order valence-corrected chi connectivity index (χ3v) is 31.7. The van der Waals surface area contributed by atoms with Gasteiger partial charge in [0.1, 0.15) is 0 Å². The molecule has 0 amide bonds. The molecule has 24 heteroatoms. The summed E-state index contributed by atoms with van der Waals surface area (Å²) < 4.78 is 96.5. The van der Waals surface area contributed by atoms with Gasteiger partial charge in [0, 0.05) is 0 Å². The van der Waals surface area contributed by atoms with Crippen LogP contribution in [0.4, 0.5) is 0 Å². The molecule has 0 saturated carbocycles. The maximum absolute atomic E-state index is 16.1. The Kier molecular flexibility index (Phi) is 79.2. The fourth-order valence-corrected chi connectivity index (χ4v) is 22.6. The minimum Gasteiger partial charge on any atom is -0.465 e. The molecule has 0 aliphatic carbocycles. The van der Waals surface area contributed by atoms with E-state index in [0.29, 0.717) is 64.2 Å². The van der Waals surface area contributed by atoms with Gasteiger partial charge in [-0.25, -0.2) is 0 Å². The lowest BCUT2D eigenvalue weighted by Crippen LogP contribution is -2.49. The van der Waals surface area contributed by atoms with Crippen LogP contribution in [0.2, 0.25) is 0 Å². The Balaban J connectivity index is 8.70. The zero-order valence-corrected chi connectivity index (χ0v) is 99.6. The lowest BCUT2D eigenvalue weighted by Gasteiger charge is -2.44. The fourth-order valence-electron chi connectivity index (χ4n) is 22.1. The van der Waals surface area contributed by atoms with Crippen molar-refractivity contribution in [3.05, 3.63) is 0 Å². The topological polar surface area (TPSA) is 317 Å². The van der Waals surface area contributed by atoms with E-state index >= 15 is 28.8 Å². The van der Waals surface area contributed by atoms with Crippen LogP contribution in [0.1, 0.15) is 601 Å². The molecule has 0 spiro atoms. The maximum Gasteiger partial charge on any atom is 0.311 e. The van der Waals surface area contributed by atoms with Crippen molar-refractivity contribution in [1.29, 1.82) is 0 Å². The quantitative estimate of drug-likeness (QED) is 0.0256. The van der Waals surface area contributed by atoms with E-state index in [1.807, 2.05) is 20.8 Å². The van der Waals surface area contributed by atoms with Crippen LogP contribution >= 0.6 is 0 Å². The smallest absolute Gasteiger partial charge is 0.311 e. The number of hydrogen-bond acceptors (Lipinski definition) is 22. The molecule has 0 aromatic rings. The van der Waals surface area contributed by atoms with E-state index in [1.54, 1.807) is 76.2 Å². The van der Waals surface area contributed by atoms with Crippen LogP contribution in [0.15, 0.2) is 0 Å². The molecular formula is C123H228O23S. The molecule has 864 valence electrons. The largest absolute Gasteiger partial charge is 0.465 e. The van der Waals surface area contributed by atoms with Gasteiger partial charge in [-0.15, -0.1) is 0 Å². The zero-order chi connectivity index (χ0) is 110. The second-order valence-electron chi connectivity index (χ2n) is 48.1. The van der Waals surface area contributed by atoms with Crippen LogP contribution in [0.25, 0.3) is 0 Å². The van der Waals surface area contributed by atoms with Gasteiger partial charge in [-0.3, -0.25) is 52.5 Å². The van der Waals surface area contributed by atoms with E-state index in [0.717, 1.165) is 257 Å². The summed E-state index contributed by atoms with van der Waals surface area (Å²) in [4.78, 5) is 153. The SMILES string of the molecule is CCCCCCCCCCOC(=O)C(C)(C)CC(C)(CC(C)(CC(C)(CC(C)(CC)C(=O)OCCCCCCCCCC)C(=O)OCCCCCCCCCC)C(=O)OCCCCCCOC(=O)C(C)(CC(C)(CC(C)(C)C(=O)OCCCCCCCCCC)C(=O)OCCCCCCCCCC)CC(C)(CC(C)(CC)C(=O)OCCCCCCCCCC)C(=O)OCCCS(=O)(=O)O)C(=O)OCCCCCCCCCC. The van der Waals surface area contributed by atoms with Gasteiger partial charge >= 0.3 is 59.7 Å². The van der Waals surface area contributed by atoms with Gasteiger partial charge < -0.3 is 47.4 Å². The number of carbonyl (C=O) groups is 10. The molecule has 0 aliphatic rings. The second kappa shape index (κ2) is 82.2. The Hall–Kier alpha value is -5.39. The number of rotatable bonds is 102. The Bertz CT molecular complexity index is 3580. The first kappa shape index (κ1) is 142. The Labute approximate surface area is 900 Å². The third-order valence-electron chi connectivity index (χ3n) is 30.9. The van der Waals surface area contributed by atoms with Crippen LogP contribution in [0.3, 0.4) is 0 Å². The molecule has 1 N–H and O–H groups in total. The van der Waals surface area contributed by atoms with Crippen LogP contribution in [-0.2, 0) is 105 Å². The highest BCUT2D eigenvalue weighted by Crippen LogP contribution is 2.55. The first-order valence-electron chi connectivity index (χ1n) is 60.5. The number of ether oxygens (including phenoxy) is 10. The third kappa shape index (κ3) is 64.5. The predicted molar refractivity (Wildman–Crippen MR) is 597 cm³/mol. The zero-order valence-electron chi connectivity index (χ0n) is 98.8. The molecule has 147 heavy (non-hydrogen) atoms. The van der Waals surface area contributed by atoms with Gasteiger partial charge in [0.25, 0.3) is 10.1 Å². The normalized spacial score (nSPS) is 15.3. The van der Waals surface area contributed by atoms with Crippen molar-refractivity contribution in [2.24, 2.45) is 54.1 Å². The van der Waals surface area contributed by atoms with Gasteiger partial charge in [-0.05, 0) is 224 Å². The first-order chi connectivity index (χ1) is 69.8. The van der Waals surface area contributed by atoms with Gasteiger partial charge in [-0.2, -0.15) is 8.42 Å². The molecule has 0 saturated heterocycles. The van der Waals surface area contributed by atoms with Crippen molar-refractivity contribution in [3.8, 4) is 0 Å². The molecular weight excluding hydrogens is 1880 g/mol. The van der Waals surface area contributed by atoms with Crippen LogP contribution in [0, 0.1) is 54.1 Å². The first-order valence-corrected chi connectivity index (χ1v) is 62.1. The van der Waals surface area contributed by atoms with Crippen molar-refractivity contribution in [2.75, 3.05) is 71.8 Å². The lowest BCUT2D eigenvalue weighted by molar-refractivity contribution is -0.177.